The Morgan fingerprint density at radius 3 is 2.29 bits per heavy atom. The molecule has 0 unspecified atom stereocenters. The van der Waals surface area contributed by atoms with Gasteiger partial charge >= 0.3 is 0 Å². The number of allylic oxidation sites excluding steroid dienone is 2. The summed E-state index contributed by atoms with van der Waals surface area (Å²) in [7, 11) is -3.77. The van der Waals surface area contributed by atoms with Crippen LogP contribution in [0.3, 0.4) is 0 Å². The van der Waals surface area contributed by atoms with Gasteiger partial charge in [-0.15, -0.1) is 0 Å². The Morgan fingerprint density at radius 1 is 0.853 bits per heavy atom. The Morgan fingerprint density at radius 2 is 1.53 bits per heavy atom. The van der Waals surface area contributed by atoms with Crippen molar-refractivity contribution in [3.63, 3.8) is 0 Å². The average Bonchev–Trinajstić information content (AvgIpc) is 3.22. The van der Waals surface area contributed by atoms with Gasteiger partial charge in [0.2, 0.25) is 5.78 Å². The van der Waals surface area contributed by atoms with Crippen molar-refractivity contribution < 1.29 is 18.0 Å². The molecule has 0 radical (unpaired) electrons. The highest BCUT2D eigenvalue weighted by atomic mass is 32.2. The van der Waals surface area contributed by atoms with Crippen molar-refractivity contribution in [2.45, 2.75) is 18.2 Å². The lowest BCUT2D eigenvalue weighted by Crippen LogP contribution is -2.28. The summed E-state index contributed by atoms with van der Waals surface area (Å²) in [5.74, 6) is -0.432. The molecule has 1 aliphatic rings. The quantitative estimate of drug-likeness (QED) is 0.455. The van der Waals surface area contributed by atoms with Crippen LogP contribution in [0.1, 0.15) is 31.8 Å². The highest BCUT2D eigenvalue weighted by Crippen LogP contribution is 2.27. The van der Waals surface area contributed by atoms with E-state index in [2.05, 4.69) is 5.32 Å². The van der Waals surface area contributed by atoms with Gasteiger partial charge in [-0.3, -0.25) is 9.59 Å². The van der Waals surface area contributed by atoms with E-state index in [9.17, 15) is 18.0 Å². The fourth-order valence-electron chi connectivity index (χ4n) is 4.22. The van der Waals surface area contributed by atoms with E-state index in [-0.39, 0.29) is 22.2 Å². The van der Waals surface area contributed by atoms with E-state index in [1.54, 1.807) is 66.9 Å². The minimum atomic E-state index is -3.77. The molecule has 4 aromatic rings. The second-order valence-corrected chi connectivity index (χ2v) is 10.1. The number of aryl methyl sites for hydroxylation is 1. The Bertz CT molecular complexity index is 1580. The van der Waals surface area contributed by atoms with Crippen LogP contribution in [0, 0.1) is 6.92 Å². The Kier molecular flexibility index (Phi) is 5.42. The first kappa shape index (κ1) is 21.9. The van der Waals surface area contributed by atoms with Gasteiger partial charge in [0.15, 0.2) is 5.78 Å². The number of Topliss-reactive ketones (excluding diaryl/α,β-unsaturated/α-hetero) is 1. The van der Waals surface area contributed by atoms with E-state index in [0.717, 1.165) is 16.5 Å². The summed E-state index contributed by atoms with van der Waals surface area (Å²) < 4.78 is 28.0. The van der Waals surface area contributed by atoms with Crippen LogP contribution in [-0.2, 0) is 16.4 Å². The molecule has 0 fully saturated rings. The first-order valence-corrected chi connectivity index (χ1v) is 12.3. The predicted octanol–water partition coefficient (Wildman–Crippen LogP) is 4.28. The highest BCUT2D eigenvalue weighted by Gasteiger charge is 2.25. The SMILES string of the molecule is Cc1ccc(S(=O)(=O)n2cc(CCNC3=CC(=O)c4ccccc4C3=O)c3ccccc32)cc1. The van der Waals surface area contributed by atoms with Gasteiger partial charge in [0, 0.05) is 35.3 Å². The molecule has 1 aromatic heterocycles. The van der Waals surface area contributed by atoms with Crippen LogP contribution in [0.5, 0.6) is 0 Å². The van der Waals surface area contributed by atoms with E-state index in [4.69, 9.17) is 0 Å². The number of nitrogens with one attached hydrogen (secondary N) is 1. The largest absolute Gasteiger partial charge is 0.381 e. The molecule has 34 heavy (non-hydrogen) atoms. The Labute approximate surface area is 197 Å². The number of nitrogens with zero attached hydrogens (tertiary/aromatic N) is 1. The molecule has 0 saturated heterocycles. The number of aromatic nitrogens is 1. The summed E-state index contributed by atoms with van der Waals surface area (Å²) in [5, 5.41) is 3.90. The number of carbonyl (C=O) groups excluding carboxylic acids is 2. The monoisotopic (exact) mass is 470 g/mol. The molecule has 1 heterocycles. The van der Waals surface area contributed by atoms with Crippen LogP contribution in [0.15, 0.2) is 95.7 Å². The minimum Gasteiger partial charge on any atom is -0.381 e. The zero-order valence-corrected chi connectivity index (χ0v) is 19.3. The fourth-order valence-corrected chi connectivity index (χ4v) is 5.61. The average molecular weight is 471 g/mol. The molecule has 3 aromatic carbocycles. The minimum absolute atomic E-state index is 0.210. The molecule has 0 bridgehead atoms. The van der Waals surface area contributed by atoms with Gasteiger partial charge in [-0.2, -0.15) is 0 Å². The summed E-state index contributed by atoms with van der Waals surface area (Å²) in [4.78, 5) is 25.4. The van der Waals surface area contributed by atoms with E-state index >= 15 is 0 Å². The molecule has 1 aliphatic carbocycles. The van der Waals surface area contributed by atoms with Gasteiger partial charge in [0.05, 0.1) is 16.1 Å². The Balaban J connectivity index is 1.41. The number of hydrogen-bond donors (Lipinski definition) is 1. The second kappa shape index (κ2) is 8.43. The molecule has 0 saturated carbocycles. The topological polar surface area (TPSA) is 85.2 Å². The first-order chi connectivity index (χ1) is 16.4. The smallest absolute Gasteiger partial charge is 0.268 e. The second-order valence-electron chi connectivity index (χ2n) is 8.26. The van der Waals surface area contributed by atoms with Crippen LogP contribution < -0.4 is 5.32 Å². The molecule has 1 N–H and O–H groups in total. The third-order valence-corrected chi connectivity index (χ3v) is 7.69. The van der Waals surface area contributed by atoms with Crippen molar-refractivity contribution in [3.8, 4) is 0 Å². The number of hydrogen-bond acceptors (Lipinski definition) is 5. The zero-order valence-electron chi connectivity index (χ0n) is 18.5. The van der Waals surface area contributed by atoms with Crippen LogP contribution in [0.4, 0.5) is 0 Å². The number of ketones is 2. The molecule has 0 atom stereocenters. The van der Waals surface area contributed by atoms with Crippen molar-refractivity contribution >= 4 is 32.5 Å². The van der Waals surface area contributed by atoms with Crippen molar-refractivity contribution in [2.75, 3.05) is 6.54 Å². The maximum absolute atomic E-state index is 13.3. The van der Waals surface area contributed by atoms with E-state index in [1.165, 1.54) is 10.0 Å². The van der Waals surface area contributed by atoms with Crippen molar-refractivity contribution in [1.29, 1.82) is 0 Å². The van der Waals surface area contributed by atoms with E-state index in [0.29, 0.717) is 29.6 Å². The fraction of sp³-hybridized carbons (Fsp3) is 0.111. The van der Waals surface area contributed by atoms with Gasteiger partial charge in [0.25, 0.3) is 10.0 Å². The normalized spacial score (nSPS) is 13.6. The summed E-state index contributed by atoms with van der Waals surface area (Å²) in [6.07, 6.45) is 3.44. The van der Waals surface area contributed by atoms with Crippen molar-refractivity contribution in [1.82, 2.24) is 9.29 Å². The standard InChI is InChI=1S/C27H22N2O4S/c1-18-10-12-20(13-11-18)34(32,33)29-17-19(21-6-4-5-9-25(21)29)14-15-28-24-16-26(30)22-7-2-3-8-23(22)27(24)31/h2-13,16-17,28H,14-15H2,1H3. The van der Waals surface area contributed by atoms with Crippen LogP contribution in [0.2, 0.25) is 0 Å². The van der Waals surface area contributed by atoms with Gasteiger partial charge < -0.3 is 5.32 Å². The molecule has 0 spiro atoms. The zero-order chi connectivity index (χ0) is 23.9. The summed E-state index contributed by atoms with van der Waals surface area (Å²) in [5.41, 5.74) is 3.45. The number of para-hydroxylation sites is 1. The van der Waals surface area contributed by atoms with Gasteiger partial charge in [-0.25, -0.2) is 12.4 Å². The van der Waals surface area contributed by atoms with Crippen LogP contribution >= 0.6 is 0 Å². The third kappa shape index (κ3) is 3.74. The predicted molar refractivity (Wildman–Crippen MR) is 131 cm³/mol. The molecule has 170 valence electrons. The first-order valence-electron chi connectivity index (χ1n) is 10.9. The maximum atomic E-state index is 13.3. The third-order valence-electron chi connectivity index (χ3n) is 6.01. The van der Waals surface area contributed by atoms with Crippen molar-refractivity contribution in [3.05, 3.63) is 113 Å². The summed E-state index contributed by atoms with van der Waals surface area (Å²) >= 11 is 0. The summed E-state index contributed by atoms with van der Waals surface area (Å²) in [6.45, 7) is 2.27. The summed E-state index contributed by atoms with van der Waals surface area (Å²) in [6, 6.07) is 20.9. The number of fused-ring (bicyclic) bond motifs is 2. The van der Waals surface area contributed by atoms with Gasteiger partial charge in [-0.05, 0) is 37.1 Å². The Hall–Kier alpha value is -3.97. The van der Waals surface area contributed by atoms with Gasteiger partial charge in [0.1, 0.15) is 0 Å². The van der Waals surface area contributed by atoms with Gasteiger partial charge in [-0.1, -0.05) is 60.2 Å². The molecular formula is C27H22N2O4S. The van der Waals surface area contributed by atoms with E-state index in [1.807, 2.05) is 19.1 Å². The maximum Gasteiger partial charge on any atom is 0.268 e. The lowest BCUT2D eigenvalue weighted by molar-refractivity contribution is 0.0978. The molecule has 0 amide bonds. The number of rotatable bonds is 6. The van der Waals surface area contributed by atoms with Crippen molar-refractivity contribution in [2.24, 2.45) is 0 Å². The number of benzene rings is 3. The lowest BCUT2D eigenvalue weighted by atomic mass is 9.92. The molecule has 6 nitrogen and oxygen atoms in total. The molecule has 0 aliphatic heterocycles. The molecular weight excluding hydrogens is 448 g/mol. The number of carbonyl (C=O) groups is 2. The lowest BCUT2D eigenvalue weighted by Gasteiger charge is -2.16. The van der Waals surface area contributed by atoms with Crippen LogP contribution in [0.25, 0.3) is 10.9 Å². The van der Waals surface area contributed by atoms with E-state index < -0.39 is 10.0 Å². The highest BCUT2D eigenvalue weighted by molar-refractivity contribution is 7.90. The molecule has 5 rings (SSSR count). The molecule has 7 heteroatoms. The van der Waals surface area contributed by atoms with Crippen LogP contribution in [-0.4, -0.2) is 30.5 Å².